The van der Waals surface area contributed by atoms with Crippen molar-refractivity contribution in [3.05, 3.63) is 0 Å². The first-order valence-corrected chi connectivity index (χ1v) is 8.61. The van der Waals surface area contributed by atoms with Crippen molar-refractivity contribution < 1.29 is 8.42 Å². The van der Waals surface area contributed by atoms with Crippen molar-refractivity contribution in [1.29, 1.82) is 0 Å². The summed E-state index contributed by atoms with van der Waals surface area (Å²) in [6, 6.07) is 0.0686. The summed E-state index contributed by atoms with van der Waals surface area (Å²) in [4.78, 5) is 0. The zero-order chi connectivity index (χ0) is 12.6. The molecule has 6 heteroatoms. The van der Waals surface area contributed by atoms with Gasteiger partial charge in [-0.25, -0.2) is 12.7 Å². The average molecular weight is 268 g/mol. The quantitative estimate of drug-likeness (QED) is 0.634. The summed E-state index contributed by atoms with van der Waals surface area (Å²) in [7, 11) is -1.41. The Labute approximate surface area is 104 Å². The highest BCUT2D eigenvalue weighted by Gasteiger charge is 2.21. The number of hydrogen-bond donors (Lipinski definition) is 1. The summed E-state index contributed by atoms with van der Waals surface area (Å²) in [5.41, 5.74) is 0. The lowest BCUT2D eigenvalue weighted by atomic mass is 10.4. The van der Waals surface area contributed by atoms with Crippen LogP contribution in [0.3, 0.4) is 0 Å². The van der Waals surface area contributed by atoms with Crippen molar-refractivity contribution in [3.63, 3.8) is 0 Å². The smallest absolute Gasteiger partial charge is 0.214 e. The molecule has 0 fully saturated rings. The van der Waals surface area contributed by atoms with Gasteiger partial charge in [0.2, 0.25) is 10.0 Å². The monoisotopic (exact) mass is 268 g/mol. The molecule has 0 aromatic carbocycles. The van der Waals surface area contributed by atoms with Gasteiger partial charge in [0.25, 0.3) is 0 Å². The highest BCUT2D eigenvalue weighted by molar-refractivity contribution is 7.98. The maximum absolute atomic E-state index is 11.9. The van der Waals surface area contributed by atoms with Crippen molar-refractivity contribution in [2.75, 3.05) is 37.9 Å². The SMILES string of the molecule is CCNCCCS(=O)(=O)N(C)C(C)CSC. The van der Waals surface area contributed by atoms with E-state index in [4.69, 9.17) is 0 Å². The molecule has 1 unspecified atom stereocenters. The van der Waals surface area contributed by atoms with Crippen LogP contribution in [0, 0.1) is 0 Å². The first kappa shape index (κ1) is 16.2. The lowest BCUT2D eigenvalue weighted by Crippen LogP contribution is -2.38. The number of nitrogens with one attached hydrogen (secondary N) is 1. The van der Waals surface area contributed by atoms with Crippen LogP contribution in [0.2, 0.25) is 0 Å². The van der Waals surface area contributed by atoms with Crippen molar-refractivity contribution >= 4 is 21.8 Å². The molecule has 0 aliphatic heterocycles. The fourth-order valence-corrected chi connectivity index (χ4v) is 3.54. The molecule has 0 amide bonds. The Balaban J connectivity index is 4.10. The summed E-state index contributed by atoms with van der Waals surface area (Å²) in [6.45, 7) is 5.61. The Bertz CT molecular complexity index is 268. The van der Waals surface area contributed by atoms with Gasteiger partial charge in [0.05, 0.1) is 5.75 Å². The van der Waals surface area contributed by atoms with Gasteiger partial charge in [0.15, 0.2) is 0 Å². The van der Waals surface area contributed by atoms with Crippen LogP contribution < -0.4 is 5.32 Å². The molecule has 0 bridgehead atoms. The van der Waals surface area contributed by atoms with Crippen LogP contribution in [-0.2, 0) is 10.0 Å². The van der Waals surface area contributed by atoms with Gasteiger partial charge in [0, 0.05) is 18.8 Å². The van der Waals surface area contributed by atoms with Gasteiger partial charge in [0.1, 0.15) is 0 Å². The molecule has 4 nitrogen and oxygen atoms in total. The van der Waals surface area contributed by atoms with Crippen LogP contribution in [0.25, 0.3) is 0 Å². The third-order valence-corrected chi connectivity index (χ3v) is 5.33. The van der Waals surface area contributed by atoms with E-state index >= 15 is 0 Å². The summed E-state index contributed by atoms with van der Waals surface area (Å²) in [5.74, 6) is 1.07. The van der Waals surface area contributed by atoms with Crippen molar-refractivity contribution in [3.8, 4) is 0 Å². The second-order valence-electron chi connectivity index (χ2n) is 3.84. The van der Waals surface area contributed by atoms with E-state index in [1.54, 1.807) is 18.8 Å². The standard InChI is InChI=1S/C10H24N2O2S2/c1-5-11-7-6-8-16(13,14)12(3)10(2)9-15-4/h10-11H,5-9H2,1-4H3. The molecule has 0 rings (SSSR count). The fourth-order valence-electron chi connectivity index (χ4n) is 1.32. The summed E-state index contributed by atoms with van der Waals surface area (Å²) < 4.78 is 25.3. The number of nitrogens with zero attached hydrogens (tertiary/aromatic N) is 1. The number of hydrogen-bond acceptors (Lipinski definition) is 4. The van der Waals surface area contributed by atoms with E-state index in [-0.39, 0.29) is 11.8 Å². The Morgan fingerprint density at radius 2 is 2.06 bits per heavy atom. The first-order valence-electron chi connectivity index (χ1n) is 5.61. The Hall–Kier alpha value is 0.220. The molecule has 0 saturated carbocycles. The van der Waals surface area contributed by atoms with E-state index in [1.807, 2.05) is 20.1 Å². The summed E-state index contributed by atoms with van der Waals surface area (Å²) in [5, 5.41) is 3.13. The van der Waals surface area contributed by atoms with E-state index in [2.05, 4.69) is 5.32 Å². The van der Waals surface area contributed by atoms with Crippen LogP contribution in [-0.4, -0.2) is 56.7 Å². The minimum Gasteiger partial charge on any atom is -0.317 e. The summed E-state index contributed by atoms with van der Waals surface area (Å²) >= 11 is 1.67. The maximum atomic E-state index is 11.9. The predicted molar refractivity (Wildman–Crippen MR) is 72.6 cm³/mol. The Kier molecular flexibility index (Phi) is 8.45. The van der Waals surface area contributed by atoms with Gasteiger partial charge < -0.3 is 5.32 Å². The molecule has 0 saturated heterocycles. The van der Waals surface area contributed by atoms with Gasteiger partial charge in [-0.05, 0) is 32.7 Å². The van der Waals surface area contributed by atoms with E-state index in [0.717, 1.165) is 18.8 Å². The number of sulfonamides is 1. The van der Waals surface area contributed by atoms with E-state index in [1.165, 1.54) is 4.31 Å². The minimum atomic E-state index is -3.08. The maximum Gasteiger partial charge on any atom is 0.214 e. The molecule has 0 aromatic heterocycles. The molecular weight excluding hydrogens is 244 g/mol. The van der Waals surface area contributed by atoms with Crippen LogP contribution in [0.4, 0.5) is 0 Å². The predicted octanol–water partition coefficient (Wildman–Crippen LogP) is 0.999. The molecule has 1 N–H and O–H groups in total. The number of thioether (sulfide) groups is 1. The third-order valence-electron chi connectivity index (χ3n) is 2.47. The molecule has 0 aliphatic carbocycles. The lowest BCUT2D eigenvalue weighted by Gasteiger charge is -2.23. The molecular formula is C10H24N2O2S2. The zero-order valence-corrected chi connectivity index (χ0v) is 12.3. The lowest BCUT2D eigenvalue weighted by molar-refractivity contribution is 0.414. The largest absolute Gasteiger partial charge is 0.317 e. The number of rotatable bonds is 9. The van der Waals surface area contributed by atoms with Crippen LogP contribution >= 0.6 is 11.8 Å². The Morgan fingerprint density at radius 1 is 1.44 bits per heavy atom. The average Bonchev–Trinajstić information content (AvgIpc) is 2.23. The topological polar surface area (TPSA) is 49.4 Å². The van der Waals surface area contributed by atoms with Gasteiger partial charge >= 0.3 is 0 Å². The van der Waals surface area contributed by atoms with Gasteiger partial charge in [-0.2, -0.15) is 11.8 Å². The van der Waals surface area contributed by atoms with Crippen LogP contribution in [0.1, 0.15) is 20.3 Å². The Morgan fingerprint density at radius 3 is 2.56 bits per heavy atom. The third kappa shape index (κ3) is 6.08. The normalized spacial score (nSPS) is 14.3. The van der Waals surface area contributed by atoms with E-state index < -0.39 is 10.0 Å². The van der Waals surface area contributed by atoms with Crippen molar-refractivity contribution in [2.45, 2.75) is 26.3 Å². The van der Waals surface area contributed by atoms with E-state index in [9.17, 15) is 8.42 Å². The molecule has 0 aromatic rings. The second-order valence-corrected chi connectivity index (χ2v) is 6.90. The molecule has 0 spiro atoms. The van der Waals surface area contributed by atoms with E-state index in [0.29, 0.717) is 6.42 Å². The highest BCUT2D eigenvalue weighted by Crippen LogP contribution is 2.09. The molecule has 98 valence electrons. The highest BCUT2D eigenvalue weighted by atomic mass is 32.2. The van der Waals surface area contributed by atoms with Gasteiger partial charge in [-0.1, -0.05) is 6.92 Å². The molecule has 0 aliphatic rings. The van der Waals surface area contributed by atoms with Crippen molar-refractivity contribution in [1.82, 2.24) is 9.62 Å². The molecule has 0 heterocycles. The minimum absolute atomic E-state index is 0.0686. The molecule has 1 atom stereocenters. The van der Waals surface area contributed by atoms with Gasteiger partial charge in [-0.3, -0.25) is 0 Å². The van der Waals surface area contributed by atoms with Crippen LogP contribution in [0.15, 0.2) is 0 Å². The van der Waals surface area contributed by atoms with Crippen molar-refractivity contribution in [2.24, 2.45) is 0 Å². The molecule has 0 radical (unpaired) electrons. The van der Waals surface area contributed by atoms with Gasteiger partial charge in [-0.15, -0.1) is 0 Å². The zero-order valence-electron chi connectivity index (χ0n) is 10.7. The first-order chi connectivity index (χ1) is 7.45. The fraction of sp³-hybridized carbons (Fsp3) is 1.00. The second kappa shape index (κ2) is 8.33. The summed E-state index contributed by atoms with van der Waals surface area (Å²) in [6.07, 6.45) is 2.66. The molecule has 16 heavy (non-hydrogen) atoms. The van der Waals surface area contributed by atoms with Crippen LogP contribution in [0.5, 0.6) is 0 Å².